The molecule has 9 heteroatoms. The Morgan fingerprint density at radius 2 is 0.775 bits per heavy atom. The molecule has 1 aliphatic rings. The summed E-state index contributed by atoms with van der Waals surface area (Å²) in [5.41, 5.74) is 0. The SMILES string of the molecule is CCCCCCCCCCCCCCCCCCCCCCC/C=C/C(O)C(COC1OC(CO)C(O)C(O)C1O)NC(=O)CCCCCCCCCCCCCCCCCCCCCCCCCCC. The van der Waals surface area contributed by atoms with Gasteiger partial charge in [0.1, 0.15) is 24.4 Å². The van der Waals surface area contributed by atoms with Gasteiger partial charge in [0.2, 0.25) is 5.91 Å². The predicted octanol–water partition coefficient (Wildman–Crippen LogP) is 16.0. The number of aliphatic hydroxyl groups is 5. The molecule has 6 N–H and O–H groups in total. The lowest BCUT2D eigenvalue weighted by Gasteiger charge is -2.40. The molecule has 0 bridgehead atoms. The third kappa shape index (κ3) is 41.8. The molecule has 0 spiro atoms. The van der Waals surface area contributed by atoms with Crippen LogP contribution in [-0.2, 0) is 14.3 Å². The van der Waals surface area contributed by atoms with Crippen LogP contribution in [0.15, 0.2) is 12.2 Å². The summed E-state index contributed by atoms with van der Waals surface area (Å²) in [4.78, 5) is 13.1. The van der Waals surface area contributed by atoms with E-state index in [1.165, 1.54) is 263 Å². The number of nitrogens with one attached hydrogen (secondary N) is 1. The van der Waals surface area contributed by atoms with E-state index in [0.717, 1.165) is 38.5 Å². The Kier molecular flexibility index (Phi) is 50.1. The molecule has 0 aromatic carbocycles. The van der Waals surface area contributed by atoms with Crippen molar-refractivity contribution < 1.29 is 39.8 Å². The van der Waals surface area contributed by atoms with E-state index < -0.39 is 49.5 Å². The molecular weight excluding hydrogens is 887 g/mol. The minimum Gasteiger partial charge on any atom is -0.394 e. The van der Waals surface area contributed by atoms with Crippen LogP contribution in [0.25, 0.3) is 0 Å². The summed E-state index contributed by atoms with van der Waals surface area (Å²) in [6.45, 7) is 3.83. The highest BCUT2D eigenvalue weighted by Crippen LogP contribution is 2.23. The van der Waals surface area contributed by atoms with Crippen molar-refractivity contribution in [1.82, 2.24) is 5.32 Å². The average molecular weight is 1010 g/mol. The van der Waals surface area contributed by atoms with E-state index in [0.29, 0.717) is 6.42 Å². The number of carbonyl (C=O) groups is 1. The topological polar surface area (TPSA) is 149 Å². The number of ether oxygens (including phenoxy) is 2. The Balaban J connectivity index is 2.17. The lowest BCUT2D eigenvalue weighted by Crippen LogP contribution is -2.60. The average Bonchev–Trinajstić information content (AvgIpc) is 3.37. The van der Waals surface area contributed by atoms with Gasteiger partial charge in [0.05, 0.1) is 25.4 Å². The highest BCUT2D eigenvalue weighted by Gasteiger charge is 2.44. The lowest BCUT2D eigenvalue weighted by atomic mass is 9.99. The number of carbonyl (C=O) groups excluding carboxylic acids is 1. The first-order valence-corrected chi connectivity index (χ1v) is 31.4. The maximum Gasteiger partial charge on any atom is 0.220 e. The van der Waals surface area contributed by atoms with Gasteiger partial charge in [-0.3, -0.25) is 4.79 Å². The Bertz CT molecular complexity index is 1120. The van der Waals surface area contributed by atoms with Gasteiger partial charge >= 0.3 is 0 Å². The minimum atomic E-state index is -1.56. The molecule has 1 fully saturated rings. The van der Waals surface area contributed by atoms with Crippen LogP contribution >= 0.6 is 0 Å². The fourth-order valence-electron chi connectivity index (χ4n) is 10.4. The van der Waals surface area contributed by atoms with Crippen LogP contribution in [0.3, 0.4) is 0 Å². The summed E-state index contributed by atoms with van der Waals surface area (Å²) in [5.74, 6) is -0.168. The van der Waals surface area contributed by atoms with Crippen LogP contribution in [0.5, 0.6) is 0 Å². The number of hydrogen-bond donors (Lipinski definition) is 6. The number of amides is 1. The van der Waals surface area contributed by atoms with Crippen LogP contribution in [0.1, 0.15) is 322 Å². The number of aliphatic hydroxyl groups excluding tert-OH is 5. The smallest absolute Gasteiger partial charge is 0.220 e. The molecule has 7 atom stereocenters. The molecule has 0 radical (unpaired) electrons. The van der Waals surface area contributed by atoms with Crippen LogP contribution in [0, 0.1) is 0 Å². The standard InChI is InChI=1S/C62H121NO8/c1-3-5-7-9-11-13-15-17-19-21-23-25-27-28-30-32-34-36-38-40-42-44-46-48-50-52-58(66)63-55(54-70-62-61(69)60(68)59(67)57(53-64)71-62)56(65)51-49-47-45-43-41-39-37-35-33-31-29-26-24-22-20-18-16-14-12-10-8-6-4-2/h49,51,55-57,59-62,64-65,67-69H,3-48,50,52-54H2,1-2H3,(H,63,66)/b51-49+. The number of allylic oxidation sites excluding steroid dienone is 1. The molecule has 1 rings (SSSR count). The maximum absolute atomic E-state index is 13.1. The van der Waals surface area contributed by atoms with E-state index in [-0.39, 0.29) is 12.5 Å². The fourth-order valence-corrected chi connectivity index (χ4v) is 10.4. The molecule has 0 aliphatic carbocycles. The highest BCUT2D eigenvalue weighted by molar-refractivity contribution is 5.76. The van der Waals surface area contributed by atoms with E-state index in [4.69, 9.17) is 9.47 Å². The third-order valence-corrected chi connectivity index (χ3v) is 15.4. The van der Waals surface area contributed by atoms with Crippen molar-refractivity contribution in [2.45, 2.75) is 365 Å². The molecule has 1 amide bonds. The molecule has 0 aromatic rings. The highest BCUT2D eigenvalue weighted by atomic mass is 16.7. The zero-order chi connectivity index (χ0) is 51.5. The maximum atomic E-state index is 13.1. The van der Waals surface area contributed by atoms with Gasteiger partial charge in [0.25, 0.3) is 0 Å². The number of hydrogen-bond acceptors (Lipinski definition) is 8. The fraction of sp³-hybridized carbons (Fsp3) is 0.952. The van der Waals surface area contributed by atoms with Crippen molar-refractivity contribution in [1.29, 1.82) is 0 Å². The van der Waals surface area contributed by atoms with Gasteiger partial charge in [-0.2, -0.15) is 0 Å². The molecule has 0 aromatic heterocycles. The van der Waals surface area contributed by atoms with Gasteiger partial charge in [0, 0.05) is 6.42 Å². The molecule has 7 unspecified atom stereocenters. The Morgan fingerprint density at radius 3 is 1.10 bits per heavy atom. The molecule has 0 saturated carbocycles. The van der Waals surface area contributed by atoms with Gasteiger partial charge < -0.3 is 40.3 Å². The largest absolute Gasteiger partial charge is 0.394 e. The summed E-state index contributed by atoms with van der Waals surface area (Å²) < 4.78 is 11.3. The summed E-state index contributed by atoms with van der Waals surface area (Å²) in [6.07, 6.45) is 58.6. The second-order valence-corrected chi connectivity index (χ2v) is 22.2. The lowest BCUT2D eigenvalue weighted by molar-refractivity contribution is -0.302. The summed E-state index contributed by atoms with van der Waals surface area (Å²) in [5, 5.41) is 54.6. The monoisotopic (exact) mass is 1010 g/mol. The molecule has 9 nitrogen and oxygen atoms in total. The summed E-state index contributed by atoms with van der Waals surface area (Å²) >= 11 is 0. The first-order valence-electron chi connectivity index (χ1n) is 31.4. The van der Waals surface area contributed by atoms with E-state index in [1.807, 2.05) is 6.08 Å². The Labute approximate surface area is 439 Å². The molecule has 1 heterocycles. The zero-order valence-corrected chi connectivity index (χ0v) is 47.0. The summed E-state index contributed by atoms with van der Waals surface area (Å²) in [7, 11) is 0. The molecule has 422 valence electrons. The van der Waals surface area contributed by atoms with Gasteiger partial charge in [-0.1, -0.05) is 309 Å². The third-order valence-electron chi connectivity index (χ3n) is 15.4. The zero-order valence-electron chi connectivity index (χ0n) is 47.0. The first-order chi connectivity index (χ1) is 34.8. The van der Waals surface area contributed by atoms with E-state index >= 15 is 0 Å². The Hall–Kier alpha value is -1.07. The van der Waals surface area contributed by atoms with Crippen molar-refractivity contribution in [3.8, 4) is 0 Å². The minimum absolute atomic E-state index is 0.168. The van der Waals surface area contributed by atoms with Gasteiger partial charge in [-0.05, 0) is 19.3 Å². The number of rotatable bonds is 55. The molecule has 1 aliphatic heterocycles. The predicted molar refractivity (Wildman–Crippen MR) is 300 cm³/mol. The Morgan fingerprint density at radius 1 is 0.465 bits per heavy atom. The van der Waals surface area contributed by atoms with Crippen LogP contribution < -0.4 is 5.32 Å². The second-order valence-electron chi connectivity index (χ2n) is 22.2. The van der Waals surface area contributed by atoms with E-state index in [1.54, 1.807) is 6.08 Å². The van der Waals surface area contributed by atoms with Gasteiger partial charge in [0.15, 0.2) is 6.29 Å². The van der Waals surface area contributed by atoms with E-state index in [9.17, 15) is 30.3 Å². The second kappa shape index (κ2) is 52.4. The normalized spacial score (nSPS) is 19.2. The van der Waals surface area contributed by atoms with Crippen LogP contribution in [0.2, 0.25) is 0 Å². The summed E-state index contributed by atoms with van der Waals surface area (Å²) in [6, 6.07) is -0.801. The van der Waals surface area contributed by atoms with Gasteiger partial charge in [-0.15, -0.1) is 0 Å². The van der Waals surface area contributed by atoms with Crippen molar-refractivity contribution in [2.75, 3.05) is 13.2 Å². The number of unbranched alkanes of at least 4 members (excludes halogenated alkanes) is 45. The van der Waals surface area contributed by atoms with Crippen molar-refractivity contribution >= 4 is 5.91 Å². The van der Waals surface area contributed by atoms with Crippen LogP contribution in [-0.4, -0.2) is 87.5 Å². The van der Waals surface area contributed by atoms with Crippen LogP contribution in [0.4, 0.5) is 0 Å². The van der Waals surface area contributed by atoms with Gasteiger partial charge in [-0.25, -0.2) is 0 Å². The molecule has 1 saturated heterocycles. The first kappa shape index (κ1) is 67.9. The van der Waals surface area contributed by atoms with Crippen molar-refractivity contribution in [3.05, 3.63) is 12.2 Å². The van der Waals surface area contributed by atoms with E-state index in [2.05, 4.69) is 19.2 Å². The molecular formula is C62H121NO8. The van der Waals surface area contributed by atoms with Crippen molar-refractivity contribution in [3.63, 3.8) is 0 Å². The van der Waals surface area contributed by atoms with Crippen molar-refractivity contribution in [2.24, 2.45) is 0 Å². The quantitative estimate of drug-likeness (QED) is 0.0261. The molecule has 71 heavy (non-hydrogen) atoms.